The lowest BCUT2D eigenvalue weighted by Gasteiger charge is -2.14. The summed E-state index contributed by atoms with van der Waals surface area (Å²) >= 11 is 0. The molecule has 1 aliphatic heterocycles. The van der Waals surface area contributed by atoms with Crippen LogP contribution in [0.3, 0.4) is 0 Å². The molecular formula is C22H23N3O4. The van der Waals surface area contributed by atoms with Gasteiger partial charge < -0.3 is 10.1 Å². The van der Waals surface area contributed by atoms with Gasteiger partial charge in [0.2, 0.25) is 5.91 Å². The van der Waals surface area contributed by atoms with Gasteiger partial charge >= 0.3 is 5.97 Å². The van der Waals surface area contributed by atoms with E-state index in [-0.39, 0.29) is 18.7 Å². The topological polar surface area (TPSA) is 88.1 Å². The predicted molar refractivity (Wildman–Crippen MR) is 109 cm³/mol. The number of amides is 2. The molecule has 3 rings (SSSR count). The van der Waals surface area contributed by atoms with Crippen LogP contribution in [0, 0.1) is 0 Å². The molecule has 7 heteroatoms. The summed E-state index contributed by atoms with van der Waals surface area (Å²) in [4.78, 5) is 36.4. The molecule has 0 bridgehead atoms. The summed E-state index contributed by atoms with van der Waals surface area (Å²) in [6, 6.07) is 18.6. The fourth-order valence-electron chi connectivity index (χ4n) is 2.88. The van der Waals surface area contributed by atoms with Crippen LogP contribution in [-0.4, -0.2) is 41.2 Å². The number of benzene rings is 2. The van der Waals surface area contributed by atoms with E-state index in [1.807, 2.05) is 36.4 Å². The minimum absolute atomic E-state index is 0.0164. The van der Waals surface area contributed by atoms with Crippen molar-refractivity contribution in [1.29, 1.82) is 0 Å². The first-order valence-corrected chi connectivity index (χ1v) is 9.51. The molecule has 0 aliphatic carbocycles. The number of nitrogens with one attached hydrogen (secondary N) is 1. The molecule has 2 aromatic carbocycles. The molecule has 29 heavy (non-hydrogen) atoms. The fourth-order valence-corrected chi connectivity index (χ4v) is 2.88. The van der Waals surface area contributed by atoms with Crippen molar-refractivity contribution in [3.63, 3.8) is 0 Å². The van der Waals surface area contributed by atoms with Crippen LogP contribution in [-0.2, 0) is 19.1 Å². The Morgan fingerprint density at radius 2 is 1.69 bits per heavy atom. The second kappa shape index (κ2) is 9.64. The minimum atomic E-state index is -0.952. The SMILES string of the molecule is C[C@H](OC(=O)CCC(=O)N1CCC(c2ccccc2)=N1)C(=O)Nc1ccccc1. The van der Waals surface area contributed by atoms with Crippen LogP contribution in [0.25, 0.3) is 0 Å². The fraction of sp³-hybridized carbons (Fsp3) is 0.273. The Morgan fingerprint density at radius 1 is 1.03 bits per heavy atom. The number of anilines is 1. The van der Waals surface area contributed by atoms with Crippen LogP contribution >= 0.6 is 0 Å². The molecule has 1 atom stereocenters. The smallest absolute Gasteiger partial charge is 0.307 e. The number of hydrogen-bond acceptors (Lipinski definition) is 5. The first-order valence-electron chi connectivity index (χ1n) is 9.51. The van der Waals surface area contributed by atoms with Gasteiger partial charge in [0.25, 0.3) is 5.91 Å². The Labute approximate surface area is 169 Å². The zero-order valence-corrected chi connectivity index (χ0v) is 16.2. The highest BCUT2D eigenvalue weighted by molar-refractivity contribution is 6.02. The van der Waals surface area contributed by atoms with Gasteiger partial charge in [-0.1, -0.05) is 48.5 Å². The van der Waals surface area contributed by atoms with E-state index in [1.165, 1.54) is 11.9 Å². The van der Waals surface area contributed by atoms with Gasteiger partial charge in [-0.05, 0) is 24.6 Å². The van der Waals surface area contributed by atoms with E-state index in [0.717, 1.165) is 11.3 Å². The maximum absolute atomic E-state index is 12.3. The van der Waals surface area contributed by atoms with Crippen molar-refractivity contribution in [2.45, 2.75) is 32.3 Å². The van der Waals surface area contributed by atoms with E-state index in [2.05, 4.69) is 10.4 Å². The second-order valence-electron chi connectivity index (χ2n) is 6.67. The van der Waals surface area contributed by atoms with Crippen molar-refractivity contribution < 1.29 is 19.1 Å². The lowest BCUT2D eigenvalue weighted by Crippen LogP contribution is -2.30. The van der Waals surface area contributed by atoms with E-state index in [1.54, 1.807) is 24.3 Å². The normalized spacial score (nSPS) is 14.1. The monoisotopic (exact) mass is 393 g/mol. The Balaban J connectivity index is 1.43. The van der Waals surface area contributed by atoms with Crippen LogP contribution in [0.5, 0.6) is 0 Å². The molecule has 0 spiro atoms. The lowest BCUT2D eigenvalue weighted by atomic mass is 10.1. The van der Waals surface area contributed by atoms with Crippen molar-refractivity contribution in [2.75, 3.05) is 11.9 Å². The molecule has 150 valence electrons. The predicted octanol–water partition coefficient (Wildman–Crippen LogP) is 2.97. The van der Waals surface area contributed by atoms with Crippen molar-refractivity contribution in [2.24, 2.45) is 5.10 Å². The Kier molecular flexibility index (Phi) is 6.73. The molecule has 1 aliphatic rings. The first kappa shape index (κ1) is 20.3. The molecule has 0 radical (unpaired) electrons. The van der Waals surface area contributed by atoms with Crippen LogP contribution < -0.4 is 5.32 Å². The van der Waals surface area contributed by atoms with Gasteiger partial charge in [-0.2, -0.15) is 5.10 Å². The maximum atomic E-state index is 12.3. The number of hydrogen-bond donors (Lipinski definition) is 1. The molecule has 0 unspecified atom stereocenters. The molecule has 0 fully saturated rings. The molecule has 0 saturated heterocycles. The number of nitrogens with zero attached hydrogens (tertiary/aromatic N) is 2. The highest BCUT2D eigenvalue weighted by atomic mass is 16.5. The van der Waals surface area contributed by atoms with E-state index < -0.39 is 18.0 Å². The number of carbonyl (C=O) groups excluding carboxylic acids is 3. The molecule has 2 aromatic rings. The first-order chi connectivity index (χ1) is 14.0. The summed E-state index contributed by atoms with van der Waals surface area (Å²) < 4.78 is 5.13. The van der Waals surface area contributed by atoms with E-state index >= 15 is 0 Å². The molecule has 7 nitrogen and oxygen atoms in total. The highest BCUT2D eigenvalue weighted by Crippen LogP contribution is 2.15. The van der Waals surface area contributed by atoms with Crippen molar-refractivity contribution in [3.8, 4) is 0 Å². The third kappa shape index (κ3) is 5.75. The van der Waals surface area contributed by atoms with E-state index in [9.17, 15) is 14.4 Å². The van der Waals surface area contributed by atoms with E-state index in [0.29, 0.717) is 18.7 Å². The van der Waals surface area contributed by atoms with Gasteiger partial charge in [0, 0.05) is 18.5 Å². The number of hydrazone groups is 1. The Bertz CT molecular complexity index is 897. The van der Waals surface area contributed by atoms with Crippen LogP contribution in [0.4, 0.5) is 5.69 Å². The number of carbonyl (C=O) groups is 3. The summed E-state index contributed by atoms with van der Waals surface area (Å²) in [6.45, 7) is 1.99. The summed E-state index contributed by atoms with van der Waals surface area (Å²) in [5.74, 6) is -1.26. The largest absolute Gasteiger partial charge is 0.453 e. The van der Waals surface area contributed by atoms with Crippen LogP contribution in [0.1, 0.15) is 31.7 Å². The lowest BCUT2D eigenvalue weighted by molar-refractivity contribution is -0.154. The molecule has 1 heterocycles. The number of esters is 1. The minimum Gasteiger partial charge on any atom is -0.453 e. The quantitative estimate of drug-likeness (QED) is 0.733. The zero-order valence-electron chi connectivity index (χ0n) is 16.2. The second-order valence-corrected chi connectivity index (χ2v) is 6.67. The number of ether oxygens (including phenoxy) is 1. The van der Waals surface area contributed by atoms with Crippen LogP contribution in [0.15, 0.2) is 65.8 Å². The van der Waals surface area contributed by atoms with Crippen LogP contribution in [0.2, 0.25) is 0 Å². The summed E-state index contributed by atoms with van der Waals surface area (Å²) in [5, 5.41) is 8.41. The number of para-hydroxylation sites is 1. The van der Waals surface area contributed by atoms with Gasteiger partial charge in [0.1, 0.15) is 0 Å². The third-order valence-corrected chi connectivity index (χ3v) is 4.46. The zero-order chi connectivity index (χ0) is 20.6. The summed E-state index contributed by atoms with van der Waals surface area (Å²) in [7, 11) is 0. The molecule has 1 N–H and O–H groups in total. The Hall–Kier alpha value is -3.48. The maximum Gasteiger partial charge on any atom is 0.307 e. The van der Waals surface area contributed by atoms with Gasteiger partial charge in [-0.3, -0.25) is 14.4 Å². The van der Waals surface area contributed by atoms with Gasteiger partial charge in [0.15, 0.2) is 6.10 Å². The standard InChI is InChI=1S/C22H23N3O4/c1-16(22(28)23-18-10-6-3-7-11-18)29-21(27)13-12-20(26)25-15-14-19(24-25)17-8-4-2-5-9-17/h2-11,16H,12-15H2,1H3,(H,23,28)/t16-/m0/s1. The van der Waals surface area contributed by atoms with Crippen molar-refractivity contribution in [3.05, 3.63) is 66.2 Å². The highest BCUT2D eigenvalue weighted by Gasteiger charge is 2.23. The van der Waals surface area contributed by atoms with Crippen molar-refractivity contribution in [1.82, 2.24) is 5.01 Å². The molecule has 2 amide bonds. The average molecular weight is 393 g/mol. The summed E-state index contributed by atoms with van der Waals surface area (Å²) in [5.41, 5.74) is 2.46. The van der Waals surface area contributed by atoms with Gasteiger partial charge in [-0.15, -0.1) is 0 Å². The average Bonchev–Trinajstić information content (AvgIpc) is 3.24. The Morgan fingerprint density at radius 3 is 2.38 bits per heavy atom. The summed E-state index contributed by atoms with van der Waals surface area (Å²) in [6.07, 6.45) is -0.393. The van der Waals surface area contributed by atoms with Gasteiger partial charge in [-0.25, -0.2) is 5.01 Å². The molecular weight excluding hydrogens is 370 g/mol. The molecule has 0 aromatic heterocycles. The van der Waals surface area contributed by atoms with Gasteiger partial charge in [0.05, 0.1) is 18.7 Å². The number of rotatable bonds is 7. The third-order valence-electron chi connectivity index (χ3n) is 4.46. The van der Waals surface area contributed by atoms with E-state index in [4.69, 9.17) is 4.74 Å². The molecule has 0 saturated carbocycles. The van der Waals surface area contributed by atoms with Crippen molar-refractivity contribution >= 4 is 29.2 Å².